The molecule has 2 aromatic carbocycles. The Morgan fingerprint density at radius 3 is 2.64 bits per heavy atom. The minimum atomic E-state index is -0.321. The smallest absolute Gasteiger partial charge is 0.224 e. The van der Waals surface area contributed by atoms with Crippen molar-refractivity contribution in [2.24, 2.45) is 0 Å². The lowest BCUT2D eigenvalue weighted by molar-refractivity contribution is -0.121. The zero-order valence-corrected chi connectivity index (χ0v) is 12.6. The summed E-state index contributed by atoms with van der Waals surface area (Å²) in [6, 6.07) is 10.4. The van der Waals surface area contributed by atoms with Crippen LogP contribution in [0.15, 0.2) is 47.4 Å². The van der Waals surface area contributed by atoms with Crippen molar-refractivity contribution < 1.29 is 13.6 Å². The van der Waals surface area contributed by atoms with E-state index in [0.717, 1.165) is 28.2 Å². The average Bonchev–Trinajstić information content (AvgIpc) is 2.50. The van der Waals surface area contributed by atoms with Gasteiger partial charge >= 0.3 is 0 Å². The molecule has 1 amide bonds. The van der Waals surface area contributed by atoms with Crippen LogP contribution < -0.4 is 5.32 Å². The van der Waals surface area contributed by atoms with Gasteiger partial charge in [0.2, 0.25) is 5.91 Å². The van der Waals surface area contributed by atoms with Gasteiger partial charge in [0.05, 0.1) is 12.5 Å². The largest absolute Gasteiger partial charge is 0.349 e. The van der Waals surface area contributed by atoms with E-state index in [1.54, 1.807) is 30.0 Å². The number of nitrogens with one attached hydrogen (secondary N) is 1. The highest BCUT2D eigenvalue weighted by molar-refractivity contribution is 7.99. The third kappa shape index (κ3) is 3.47. The predicted molar refractivity (Wildman–Crippen MR) is 82.7 cm³/mol. The van der Waals surface area contributed by atoms with Gasteiger partial charge < -0.3 is 5.32 Å². The van der Waals surface area contributed by atoms with E-state index in [1.165, 1.54) is 24.3 Å². The lowest BCUT2D eigenvalue weighted by Gasteiger charge is -2.26. The number of carbonyl (C=O) groups is 1. The van der Waals surface area contributed by atoms with E-state index in [-0.39, 0.29) is 30.0 Å². The fraction of sp³-hybridized carbons (Fsp3) is 0.235. The van der Waals surface area contributed by atoms with Crippen LogP contribution in [0.3, 0.4) is 0 Å². The summed E-state index contributed by atoms with van der Waals surface area (Å²) >= 11 is 1.67. The third-order valence-electron chi connectivity index (χ3n) is 3.62. The SMILES string of the molecule is O=C(Cc1ccc(F)cc1)N[C@@H]1CCSc2ccc(F)cc21. The number of amides is 1. The van der Waals surface area contributed by atoms with Gasteiger partial charge in [0, 0.05) is 10.6 Å². The van der Waals surface area contributed by atoms with Crippen LogP contribution in [0.5, 0.6) is 0 Å². The highest BCUT2D eigenvalue weighted by Gasteiger charge is 2.22. The minimum absolute atomic E-state index is 0.140. The number of fused-ring (bicyclic) bond motifs is 1. The molecule has 114 valence electrons. The number of carbonyl (C=O) groups excluding carboxylic acids is 1. The van der Waals surface area contributed by atoms with E-state index in [0.29, 0.717) is 0 Å². The molecule has 1 aliphatic heterocycles. The van der Waals surface area contributed by atoms with Crippen LogP contribution in [0.1, 0.15) is 23.6 Å². The van der Waals surface area contributed by atoms with Gasteiger partial charge in [-0.1, -0.05) is 12.1 Å². The first-order chi connectivity index (χ1) is 10.6. The van der Waals surface area contributed by atoms with Crippen molar-refractivity contribution in [1.29, 1.82) is 0 Å². The summed E-state index contributed by atoms with van der Waals surface area (Å²) in [4.78, 5) is 13.2. The summed E-state index contributed by atoms with van der Waals surface area (Å²) in [5, 5.41) is 2.95. The van der Waals surface area contributed by atoms with Crippen molar-refractivity contribution >= 4 is 17.7 Å². The summed E-state index contributed by atoms with van der Waals surface area (Å²) in [6.45, 7) is 0. The molecule has 3 rings (SSSR count). The minimum Gasteiger partial charge on any atom is -0.349 e. The van der Waals surface area contributed by atoms with Gasteiger partial charge in [0.25, 0.3) is 0 Å². The normalized spacial score (nSPS) is 16.9. The molecule has 0 radical (unpaired) electrons. The van der Waals surface area contributed by atoms with Crippen molar-refractivity contribution in [2.75, 3.05) is 5.75 Å². The van der Waals surface area contributed by atoms with Crippen molar-refractivity contribution in [1.82, 2.24) is 5.32 Å². The molecule has 1 aliphatic rings. The molecule has 0 aliphatic carbocycles. The molecule has 0 saturated carbocycles. The second kappa shape index (κ2) is 6.48. The first-order valence-electron chi connectivity index (χ1n) is 7.08. The Morgan fingerprint density at radius 2 is 1.86 bits per heavy atom. The lowest BCUT2D eigenvalue weighted by Crippen LogP contribution is -2.31. The van der Waals surface area contributed by atoms with E-state index in [1.807, 2.05) is 0 Å². The maximum Gasteiger partial charge on any atom is 0.224 e. The molecule has 1 N–H and O–H groups in total. The maximum absolute atomic E-state index is 13.4. The third-order valence-corrected chi connectivity index (χ3v) is 4.75. The molecular formula is C17H15F2NOS. The van der Waals surface area contributed by atoms with E-state index in [4.69, 9.17) is 0 Å². The zero-order chi connectivity index (χ0) is 15.5. The Kier molecular flexibility index (Phi) is 4.43. The van der Waals surface area contributed by atoms with Crippen molar-refractivity contribution in [3.05, 3.63) is 65.2 Å². The second-order valence-electron chi connectivity index (χ2n) is 5.24. The topological polar surface area (TPSA) is 29.1 Å². The van der Waals surface area contributed by atoms with Gasteiger partial charge in [-0.2, -0.15) is 0 Å². The summed E-state index contributed by atoms with van der Waals surface area (Å²) in [5.41, 5.74) is 1.59. The highest BCUT2D eigenvalue weighted by Crippen LogP contribution is 2.36. The lowest BCUT2D eigenvalue weighted by atomic mass is 10.0. The average molecular weight is 319 g/mol. The molecule has 2 aromatic rings. The first-order valence-corrected chi connectivity index (χ1v) is 8.06. The molecule has 5 heteroatoms. The van der Waals surface area contributed by atoms with Crippen LogP contribution >= 0.6 is 11.8 Å². The molecule has 22 heavy (non-hydrogen) atoms. The second-order valence-corrected chi connectivity index (χ2v) is 6.38. The molecule has 2 nitrogen and oxygen atoms in total. The van der Waals surface area contributed by atoms with Crippen molar-refractivity contribution in [2.45, 2.75) is 23.8 Å². The summed E-state index contributed by atoms with van der Waals surface area (Å²) in [5.74, 6) is 0.135. The highest BCUT2D eigenvalue weighted by atomic mass is 32.2. The Labute approximate surface area is 131 Å². The van der Waals surface area contributed by atoms with Gasteiger partial charge in [-0.05, 0) is 47.9 Å². The maximum atomic E-state index is 13.4. The summed E-state index contributed by atoms with van der Waals surface area (Å²) in [6.07, 6.45) is 0.963. The summed E-state index contributed by atoms with van der Waals surface area (Å²) < 4.78 is 26.3. The van der Waals surface area contributed by atoms with E-state index in [2.05, 4.69) is 5.32 Å². The van der Waals surface area contributed by atoms with E-state index >= 15 is 0 Å². The molecule has 0 fully saturated rings. The quantitative estimate of drug-likeness (QED) is 0.931. The molecule has 1 atom stereocenters. The fourth-order valence-electron chi connectivity index (χ4n) is 2.55. The fourth-order valence-corrected chi connectivity index (χ4v) is 3.65. The number of rotatable bonds is 3. The number of halogens is 2. The number of thioether (sulfide) groups is 1. The van der Waals surface area contributed by atoms with Crippen LogP contribution in [0.25, 0.3) is 0 Å². The Bertz CT molecular complexity index is 688. The van der Waals surface area contributed by atoms with Crippen LogP contribution in [0.4, 0.5) is 8.78 Å². The monoisotopic (exact) mass is 319 g/mol. The molecular weight excluding hydrogens is 304 g/mol. The van der Waals surface area contributed by atoms with Crippen molar-refractivity contribution in [3.63, 3.8) is 0 Å². The van der Waals surface area contributed by atoms with Crippen LogP contribution in [-0.2, 0) is 11.2 Å². The molecule has 0 saturated heterocycles. The van der Waals surface area contributed by atoms with Gasteiger partial charge in [-0.15, -0.1) is 11.8 Å². The number of benzene rings is 2. The van der Waals surface area contributed by atoms with Crippen molar-refractivity contribution in [3.8, 4) is 0 Å². The van der Waals surface area contributed by atoms with Gasteiger partial charge in [-0.3, -0.25) is 4.79 Å². The van der Waals surface area contributed by atoms with Crippen LogP contribution in [-0.4, -0.2) is 11.7 Å². The van der Waals surface area contributed by atoms with Gasteiger partial charge in [0.15, 0.2) is 0 Å². The van der Waals surface area contributed by atoms with Gasteiger partial charge in [-0.25, -0.2) is 8.78 Å². The molecule has 1 heterocycles. The Hall–Kier alpha value is -1.88. The van der Waals surface area contributed by atoms with E-state index in [9.17, 15) is 13.6 Å². The van der Waals surface area contributed by atoms with E-state index < -0.39 is 0 Å². The first kappa shape index (κ1) is 15.0. The molecule has 0 unspecified atom stereocenters. The Balaban J connectivity index is 1.70. The molecule has 0 spiro atoms. The molecule has 0 bridgehead atoms. The van der Waals surface area contributed by atoms with Gasteiger partial charge in [0.1, 0.15) is 11.6 Å². The predicted octanol–water partition coefficient (Wildman–Crippen LogP) is 3.86. The Morgan fingerprint density at radius 1 is 1.14 bits per heavy atom. The standard InChI is InChI=1S/C17H15F2NOS/c18-12-3-1-11(2-4-12)9-17(21)20-15-7-8-22-16-6-5-13(19)10-14(15)16/h1-6,10,15H,7-9H2,(H,20,21)/t15-/m1/s1. The number of hydrogen-bond acceptors (Lipinski definition) is 2. The van der Waals surface area contributed by atoms with Crippen LogP contribution in [0.2, 0.25) is 0 Å². The summed E-state index contributed by atoms with van der Waals surface area (Å²) in [7, 11) is 0. The zero-order valence-electron chi connectivity index (χ0n) is 11.8. The molecule has 0 aromatic heterocycles. The van der Waals surface area contributed by atoms with Crippen LogP contribution in [0, 0.1) is 11.6 Å². The number of hydrogen-bond donors (Lipinski definition) is 1.